The largest absolute Gasteiger partial charge is 0.482 e. The third-order valence-electron chi connectivity index (χ3n) is 27.0. The van der Waals surface area contributed by atoms with Crippen LogP contribution in [0.3, 0.4) is 0 Å². The van der Waals surface area contributed by atoms with Crippen molar-refractivity contribution in [2.45, 2.75) is 149 Å². The van der Waals surface area contributed by atoms with E-state index in [2.05, 4.69) is 58.1 Å². The van der Waals surface area contributed by atoms with Crippen LogP contribution >= 0.6 is 38.5 Å². The molecule has 130 heavy (non-hydrogen) atoms. The van der Waals surface area contributed by atoms with Gasteiger partial charge in [0, 0.05) is 120 Å². The van der Waals surface area contributed by atoms with E-state index in [0.717, 1.165) is 153 Å². The third-order valence-corrected chi connectivity index (χ3v) is 28.2. The summed E-state index contributed by atoms with van der Waals surface area (Å²) in [6.07, 6.45) is 4.39. The second kappa shape index (κ2) is 35.6. The van der Waals surface area contributed by atoms with Gasteiger partial charge in [0.25, 0.3) is 5.69 Å². The monoisotopic (exact) mass is 1950 g/mol. The summed E-state index contributed by atoms with van der Waals surface area (Å²) in [6.45, 7) is 6.34. The molecule has 0 aromatic heterocycles. The van der Waals surface area contributed by atoms with Gasteiger partial charge < -0.3 is 96.2 Å². The highest BCUT2D eigenvalue weighted by molar-refractivity contribution is 14.1. The number of nitro groups is 1. The smallest absolute Gasteiger partial charge is 0.344 e. The van der Waals surface area contributed by atoms with Crippen LogP contribution in [0.2, 0.25) is 0 Å². The Morgan fingerprint density at radius 2 is 0.631 bits per heavy atom. The summed E-state index contributed by atoms with van der Waals surface area (Å²) in [5.74, 6) is 4.06. The van der Waals surface area contributed by atoms with Crippen LogP contribution in [-0.4, -0.2) is 222 Å². The Hall–Kier alpha value is -11.6. The van der Waals surface area contributed by atoms with Gasteiger partial charge in [-0.15, -0.1) is 0 Å². The Bertz CT molecular complexity index is 5510. The van der Waals surface area contributed by atoms with E-state index in [1.807, 2.05) is 109 Å². The first-order valence-corrected chi connectivity index (χ1v) is 45.1. The van der Waals surface area contributed by atoms with Gasteiger partial charge >= 0.3 is 23.9 Å². The number of carbonyl (C=O) groups excluding carboxylic acids is 4. The molecular weight excluding hydrogens is 1860 g/mol. The summed E-state index contributed by atoms with van der Waals surface area (Å²) >= 11 is 5.59. The van der Waals surface area contributed by atoms with Crippen LogP contribution in [0.5, 0.6) is 69.0 Å². The first-order chi connectivity index (χ1) is 63.2. The number of hydrogen-bond donors (Lipinski definition) is 4. The lowest BCUT2D eigenvalue weighted by molar-refractivity contribution is -0.384. The van der Waals surface area contributed by atoms with E-state index in [4.69, 9.17) is 75.8 Å². The highest BCUT2D eigenvalue weighted by atomic mass is 127. The zero-order valence-electron chi connectivity index (χ0n) is 69.7. The molecule has 4 fully saturated rings. The number of hydrogen-bond acceptors (Lipinski definition) is 30. The predicted molar refractivity (Wildman–Crippen MR) is 467 cm³/mol. The molecule has 12 heterocycles. The van der Waals surface area contributed by atoms with Crippen molar-refractivity contribution in [3.05, 3.63) is 261 Å². The van der Waals surface area contributed by atoms with E-state index in [1.54, 1.807) is 12.1 Å². The molecule has 34 heteroatoms. The number of non-ortho nitro benzene ring substituents is 1. The molecule has 8 aromatic rings. The number of rotatable bonds is 17. The van der Waals surface area contributed by atoms with Gasteiger partial charge in [0.15, 0.2) is 72.4 Å². The Morgan fingerprint density at radius 1 is 0.385 bits per heavy atom. The molecule has 4 aliphatic carbocycles. The Labute approximate surface area is 765 Å². The van der Waals surface area contributed by atoms with Gasteiger partial charge in [-0.05, 0) is 226 Å². The average molecular weight is 1950 g/mol. The molecule has 4 saturated heterocycles. The zero-order chi connectivity index (χ0) is 88.9. The second-order valence-electron chi connectivity index (χ2n) is 34.4. The summed E-state index contributed by atoms with van der Waals surface area (Å²) in [6, 6.07) is 41.8. The second-order valence-corrected chi connectivity index (χ2v) is 36.6. The zero-order valence-corrected chi connectivity index (χ0v) is 73.4. The molecule has 0 radical (unpaired) electrons. The van der Waals surface area contributed by atoms with Crippen molar-refractivity contribution in [3.63, 3.8) is 0 Å². The van der Waals surface area contributed by atoms with E-state index in [9.17, 15) is 54.1 Å². The number of carbonyl (C=O) groups is 4. The third kappa shape index (κ3) is 16.7. The molecule has 0 spiro atoms. The van der Waals surface area contributed by atoms with Gasteiger partial charge in [0.05, 0.1) is 4.92 Å². The van der Waals surface area contributed by atoms with Crippen LogP contribution in [0.1, 0.15) is 93.9 Å². The molecule has 0 saturated carbocycles. The molecule has 16 unspecified atom stereocenters. The number of ether oxygens (including phenoxy) is 16. The fourth-order valence-electron chi connectivity index (χ4n) is 21.5. The summed E-state index contributed by atoms with van der Waals surface area (Å²) in [7, 11) is 0. The highest BCUT2D eigenvalue weighted by Gasteiger charge is 2.56. The number of aliphatic hydroxyl groups is 4. The van der Waals surface area contributed by atoms with Crippen LogP contribution in [0.15, 0.2) is 197 Å². The van der Waals surface area contributed by atoms with Gasteiger partial charge in [0.1, 0.15) is 77.6 Å². The van der Waals surface area contributed by atoms with Crippen molar-refractivity contribution in [2.24, 2.45) is 0 Å². The van der Waals surface area contributed by atoms with Crippen molar-refractivity contribution >= 4 is 68.1 Å². The van der Waals surface area contributed by atoms with Crippen molar-refractivity contribution in [1.82, 2.24) is 19.6 Å². The molecule has 4 N–H and O–H groups in total. The lowest BCUT2D eigenvalue weighted by atomic mass is 9.73. The van der Waals surface area contributed by atoms with Crippen LogP contribution in [0, 0.1) is 19.5 Å². The van der Waals surface area contributed by atoms with Crippen molar-refractivity contribution < 1.29 is 125 Å². The Kier molecular flexibility index (Phi) is 23.3. The molecule has 674 valence electrons. The van der Waals surface area contributed by atoms with E-state index in [1.165, 1.54) is 65.3 Å². The fourth-order valence-corrected chi connectivity index (χ4v) is 22.1. The first kappa shape index (κ1) is 85.2. The molecular formula is C96H88BrFIN5O26. The summed E-state index contributed by atoms with van der Waals surface area (Å²) in [4.78, 5) is 70.6. The summed E-state index contributed by atoms with van der Waals surface area (Å²) in [5.41, 5.74) is 13.2. The van der Waals surface area contributed by atoms with E-state index < -0.39 is 77.6 Å². The maximum atomic E-state index is 13.1. The maximum absolute atomic E-state index is 13.1. The molecule has 12 aliphatic heterocycles. The van der Waals surface area contributed by atoms with Crippen LogP contribution < -0.4 is 56.8 Å². The Balaban J connectivity index is 0.000000105. The maximum Gasteiger partial charge on any atom is 0.344 e. The molecule has 16 atom stereocenters. The summed E-state index contributed by atoms with van der Waals surface area (Å²) in [5, 5.41) is 54.5. The number of nitrogens with zero attached hydrogens (tertiary/aromatic N) is 5. The lowest BCUT2D eigenvalue weighted by Gasteiger charge is -2.45. The molecule has 16 aliphatic rings. The summed E-state index contributed by atoms with van der Waals surface area (Å²) < 4.78 is 105. The van der Waals surface area contributed by atoms with Crippen LogP contribution in [-0.2, 0) is 64.3 Å². The number of esters is 4. The quantitative estimate of drug-likeness (QED) is 0.0164. The topological polar surface area (TPSA) is 353 Å². The fraction of sp³-hybridized carbons (Fsp3) is 0.375. The highest BCUT2D eigenvalue weighted by Crippen LogP contribution is 2.56. The van der Waals surface area contributed by atoms with Gasteiger partial charge in [-0.1, -0.05) is 62.5 Å². The molecule has 0 amide bonds. The lowest BCUT2D eigenvalue weighted by Crippen LogP contribution is -2.51. The normalized spacial score (nSPS) is 27.1. The van der Waals surface area contributed by atoms with Crippen LogP contribution in [0.4, 0.5) is 10.1 Å². The minimum atomic E-state index is -0.948. The SMILES string of the molecule is O=C(COc1ccc(Br)cc1)OC1C(O)C=C2CCN3Cc4cc5c(cc4C1C23)OCO5.O=C(COc1ccc(F)cc1)OC1C(O)C=C2CCN3Cc4cc5c(cc4C1C23)OCO5.O=C(COc1ccc(I)cc1)OC1C(O)C=C2CCN3Cc4cc5c(cc4C1C23)OCO5.O=C(COc1ccc([N+](=O)[O-])cc1)OC1C(O)C=C2CCN3Cc4cc5c(cc4C1C23)OCO5. The van der Waals surface area contributed by atoms with Crippen LogP contribution in [0.25, 0.3) is 0 Å². The van der Waals surface area contributed by atoms with Crippen molar-refractivity contribution in [2.75, 3.05) is 79.8 Å². The number of nitro benzene ring substituents is 1. The minimum Gasteiger partial charge on any atom is -0.482 e. The van der Waals surface area contributed by atoms with Gasteiger partial charge in [-0.2, -0.15) is 0 Å². The van der Waals surface area contributed by atoms with Gasteiger partial charge in [0.2, 0.25) is 27.2 Å². The molecule has 8 aromatic carbocycles. The standard InChI is InChI=1S/C24H22BrNO6.C24H22FNO6.C24H22INO6.C24H22N2O8/c3*25-15-1-3-16(4-2-15)29-11-21(28)32-24-18(27)7-13-5-6-26-10-14-8-19-20(31-12-30-19)9-17(14)22(24)23(13)26;27-18-7-13-5-6-25-10-14-8-19-20(33-12-32-19)9-17(14)22(23(13)25)24(18)34-21(28)11-31-16-3-1-15(2-4-16)26(29)30/h3*1-4,7-9,18,22-24,27H,5-6,10-12H2;1-4,7-9,18,22-24,27H,5-6,10-12H2. The number of aliphatic hydroxyl groups excluding tert-OH is 4. The number of benzene rings is 8. The van der Waals surface area contributed by atoms with Crippen molar-refractivity contribution in [3.8, 4) is 69.0 Å². The first-order valence-electron chi connectivity index (χ1n) is 43.2. The number of halogens is 3. The van der Waals surface area contributed by atoms with E-state index in [-0.39, 0.29) is 113 Å². The van der Waals surface area contributed by atoms with Crippen molar-refractivity contribution in [1.29, 1.82) is 0 Å². The minimum absolute atomic E-state index is 0.0460. The molecule has 0 bridgehead atoms. The Morgan fingerprint density at radius 3 is 0.900 bits per heavy atom. The van der Waals surface area contributed by atoms with Gasteiger partial charge in [-0.3, -0.25) is 29.7 Å². The predicted octanol–water partition coefficient (Wildman–Crippen LogP) is 10.9. The molecule has 31 nitrogen and oxygen atoms in total. The van der Waals surface area contributed by atoms with Gasteiger partial charge in [-0.25, -0.2) is 23.6 Å². The van der Waals surface area contributed by atoms with E-state index in [0.29, 0.717) is 51.7 Å². The average Bonchev–Trinajstić information content (AvgIpc) is 1.53. The van der Waals surface area contributed by atoms with E-state index >= 15 is 0 Å². The molecule has 24 rings (SSSR count). The number of fused-ring (bicyclic) bond motifs is 12.